The molecule has 0 aromatic heterocycles. The van der Waals surface area contributed by atoms with Crippen LogP contribution in [0, 0.1) is 0 Å². The van der Waals surface area contributed by atoms with Gasteiger partial charge in [0.1, 0.15) is 0 Å². The monoisotopic (exact) mass is 226 g/mol. The van der Waals surface area contributed by atoms with Crippen LogP contribution in [0.2, 0.25) is 0 Å². The zero-order valence-corrected chi connectivity index (χ0v) is 10.5. The van der Waals surface area contributed by atoms with E-state index in [9.17, 15) is 4.79 Å². The van der Waals surface area contributed by atoms with Gasteiger partial charge < -0.3 is 0 Å². The van der Waals surface area contributed by atoms with E-state index < -0.39 is 0 Å². The Morgan fingerprint density at radius 2 is 1.60 bits per heavy atom. The fourth-order valence-corrected chi connectivity index (χ4v) is 1.43. The van der Waals surface area contributed by atoms with Crippen LogP contribution in [0.25, 0.3) is 0 Å². The molecule has 0 atom stereocenters. The summed E-state index contributed by atoms with van der Waals surface area (Å²) < 4.78 is 0. The summed E-state index contributed by atoms with van der Waals surface area (Å²) in [6.45, 7) is 6.15. The Labute approximate surface area is 97.5 Å². The smallest absolute Gasteiger partial charge is 0.226 e. The molecule has 0 spiro atoms. The van der Waals surface area contributed by atoms with E-state index in [0.29, 0.717) is 6.42 Å². The van der Waals surface area contributed by atoms with E-state index in [1.54, 1.807) is 0 Å². The van der Waals surface area contributed by atoms with Crippen molar-refractivity contribution in [3.8, 4) is 0 Å². The molecule has 0 radical (unpaired) electrons. The number of hydrogen-bond acceptors (Lipinski definition) is 1. The largest absolute Gasteiger partial charge is 0.281 e. The van der Waals surface area contributed by atoms with Crippen molar-refractivity contribution in [1.82, 2.24) is 0 Å². The van der Waals surface area contributed by atoms with Crippen molar-refractivity contribution >= 4 is 16.8 Å². The van der Waals surface area contributed by atoms with E-state index in [0.717, 1.165) is 18.4 Å². The Morgan fingerprint density at radius 3 is 2.00 bits per heavy atom. The van der Waals surface area contributed by atoms with Crippen LogP contribution in [0.5, 0.6) is 0 Å². The third kappa shape index (κ3) is 6.29. The van der Waals surface area contributed by atoms with E-state index >= 15 is 0 Å². The van der Waals surface area contributed by atoms with Crippen LogP contribution < -0.4 is 0 Å². The summed E-state index contributed by atoms with van der Waals surface area (Å²) in [5.41, 5.74) is 2.30. The van der Waals surface area contributed by atoms with Gasteiger partial charge in [0.25, 0.3) is 0 Å². The first kappa shape index (κ1) is 14.2. The Morgan fingerprint density at radius 1 is 1.13 bits per heavy atom. The average Bonchev–Trinajstić information content (AvgIpc) is 2.24. The van der Waals surface area contributed by atoms with Crippen LogP contribution in [0.1, 0.15) is 38.3 Å². The predicted octanol–water partition coefficient (Wildman–Crippen LogP) is 3.97. The molecule has 0 saturated carbocycles. The lowest BCUT2D eigenvalue weighted by Gasteiger charge is -2.00. The molecule has 0 amide bonds. The average molecular weight is 227 g/mol. The Balaban J connectivity index is 0.000000921. The summed E-state index contributed by atoms with van der Waals surface area (Å²) in [6, 6.07) is 8.04. The number of carbonyl (C=O) groups excluding carboxylic acids is 1. The second kappa shape index (κ2) is 8.49. The van der Waals surface area contributed by atoms with Crippen molar-refractivity contribution in [2.75, 3.05) is 0 Å². The summed E-state index contributed by atoms with van der Waals surface area (Å²) >= 11 is 5.27. The summed E-state index contributed by atoms with van der Waals surface area (Å²) in [5, 5.41) is -0.303. The maximum atomic E-state index is 10.6. The highest BCUT2D eigenvalue weighted by Crippen LogP contribution is 2.08. The summed E-state index contributed by atoms with van der Waals surface area (Å²) in [4.78, 5) is 10.6. The number of aryl methyl sites for hydroxylation is 1. The second-order valence-corrected chi connectivity index (χ2v) is 3.52. The van der Waals surface area contributed by atoms with Gasteiger partial charge in [-0.05, 0) is 29.1 Å². The summed E-state index contributed by atoms with van der Waals surface area (Å²) in [6.07, 6.45) is 2.57. The molecule has 0 fully saturated rings. The van der Waals surface area contributed by atoms with Crippen molar-refractivity contribution in [2.24, 2.45) is 0 Å². The third-order valence-electron chi connectivity index (χ3n) is 1.90. The molecular formula is C13H19ClO. The second-order valence-electron chi connectivity index (χ2n) is 3.10. The molecule has 0 N–H and O–H groups in total. The lowest BCUT2D eigenvalue weighted by Crippen LogP contribution is -1.93. The van der Waals surface area contributed by atoms with Crippen molar-refractivity contribution in [3.63, 3.8) is 0 Å². The predicted molar refractivity (Wildman–Crippen MR) is 66.3 cm³/mol. The van der Waals surface area contributed by atoms with Crippen molar-refractivity contribution in [2.45, 2.75) is 40.0 Å². The van der Waals surface area contributed by atoms with E-state index in [1.807, 2.05) is 26.0 Å². The number of rotatable bonds is 4. The molecular weight excluding hydrogens is 208 g/mol. The molecule has 0 saturated heterocycles. The molecule has 0 unspecified atom stereocenters. The first-order valence-corrected chi connectivity index (χ1v) is 5.86. The number of benzene rings is 1. The van der Waals surface area contributed by atoms with Gasteiger partial charge in [0.05, 0.1) is 0 Å². The molecule has 15 heavy (non-hydrogen) atoms. The lowest BCUT2D eigenvalue weighted by atomic mass is 10.1. The highest BCUT2D eigenvalue weighted by atomic mass is 35.5. The fraction of sp³-hybridized carbons (Fsp3) is 0.462. The van der Waals surface area contributed by atoms with Gasteiger partial charge in [-0.3, -0.25) is 4.79 Å². The van der Waals surface area contributed by atoms with E-state index in [4.69, 9.17) is 11.6 Å². The molecule has 84 valence electrons. The third-order valence-corrected chi connectivity index (χ3v) is 2.04. The minimum Gasteiger partial charge on any atom is -0.281 e. The van der Waals surface area contributed by atoms with Gasteiger partial charge in [0.2, 0.25) is 5.24 Å². The van der Waals surface area contributed by atoms with E-state index in [2.05, 4.69) is 19.1 Å². The Bertz CT molecular complexity index is 277. The van der Waals surface area contributed by atoms with Crippen molar-refractivity contribution in [1.29, 1.82) is 0 Å². The maximum Gasteiger partial charge on any atom is 0.226 e. The van der Waals surface area contributed by atoms with Crippen LogP contribution in [-0.2, 0) is 17.6 Å². The summed E-state index contributed by atoms with van der Waals surface area (Å²) in [7, 11) is 0. The van der Waals surface area contributed by atoms with Gasteiger partial charge in [-0.25, -0.2) is 0 Å². The molecule has 0 aliphatic rings. The minimum absolute atomic E-state index is 0.303. The zero-order valence-electron chi connectivity index (χ0n) is 9.72. The van der Waals surface area contributed by atoms with Gasteiger partial charge in [0, 0.05) is 6.42 Å². The Hall–Kier alpha value is -0.820. The quantitative estimate of drug-likeness (QED) is 0.710. The van der Waals surface area contributed by atoms with E-state index in [-0.39, 0.29) is 5.24 Å². The van der Waals surface area contributed by atoms with Gasteiger partial charge in [-0.2, -0.15) is 0 Å². The molecule has 2 heteroatoms. The standard InChI is InChI=1S/C11H13ClO.C2H6/c1-2-3-9-4-6-10(7-5-9)8-11(12)13;1-2/h4-7H,2-3,8H2,1H3;1-2H3. The van der Waals surface area contributed by atoms with Crippen molar-refractivity contribution in [3.05, 3.63) is 35.4 Å². The van der Waals surface area contributed by atoms with E-state index in [1.165, 1.54) is 5.56 Å². The first-order valence-electron chi connectivity index (χ1n) is 5.48. The van der Waals surface area contributed by atoms with Crippen LogP contribution in [0.4, 0.5) is 0 Å². The molecule has 1 rings (SSSR count). The molecule has 1 aromatic rings. The first-order chi connectivity index (χ1) is 7.22. The molecule has 0 heterocycles. The van der Waals surface area contributed by atoms with Crippen LogP contribution >= 0.6 is 11.6 Å². The number of halogens is 1. The summed E-state index contributed by atoms with van der Waals surface area (Å²) in [5.74, 6) is 0. The van der Waals surface area contributed by atoms with Gasteiger partial charge >= 0.3 is 0 Å². The van der Waals surface area contributed by atoms with Crippen LogP contribution in [-0.4, -0.2) is 5.24 Å². The highest BCUT2D eigenvalue weighted by molar-refractivity contribution is 6.63. The van der Waals surface area contributed by atoms with Gasteiger partial charge in [-0.1, -0.05) is 51.5 Å². The van der Waals surface area contributed by atoms with Crippen LogP contribution in [0.15, 0.2) is 24.3 Å². The van der Waals surface area contributed by atoms with Gasteiger partial charge in [0.15, 0.2) is 0 Å². The molecule has 0 aliphatic heterocycles. The molecule has 0 aliphatic carbocycles. The number of hydrogen-bond donors (Lipinski definition) is 0. The zero-order chi connectivity index (χ0) is 11.7. The van der Waals surface area contributed by atoms with Gasteiger partial charge in [-0.15, -0.1) is 0 Å². The molecule has 0 bridgehead atoms. The molecule has 1 aromatic carbocycles. The SMILES string of the molecule is CC.CCCc1ccc(CC(=O)Cl)cc1. The highest BCUT2D eigenvalue weighted by Gasteiger charge is 1.98. The van der Waals surface area contributed by atoms with Crippen molar-refractivity contribution < 1.29 is 4.79 Å². The number of carbonyl (C=O) groups is 1. The normalized spacial score (nSPS) is 9.07. The minimum atomic E-state index is -0.303. The Kier molecular flexibility index (Phi) is 8.02. The topological polar surface area (TPSA) is 17.1 Å². The fourth-order valence-electron chi connectivity index (χ4n) is 1.27. The molecule has 1 nitrogen and oxygen atoms in total. The lowest BCUT2D eigenvalue weighted by molar-refractivity contribution is -0.111. The van der Waals surface area contributed by atoms with Crippen LogP contribution in [0.3, 0.4) is 0 Å². The maximum absolute atomic E-state index is 10.6.